The van der Waals surface area contributed by atoms with Crippen LogP contribution in [0.15, 0.2) is 83.0 Å². The van der Waals surface area contributed by atoms with Gasteiger partial charge in [0.2, 0.25) is 0 Å². The van der Waals surface area contributed by atoms with Crippen molar-refractivity contribution in [3.05, 3.63) is 73.0 Å². The molecule has 19 heavy (non-hydrogen) atoms. The van der Waals surface area contributed by atoms with Crippen molar-refractivity contribution >= 4 is 18.2 Å². The van der Waals surface area contributed by atoms with E-state index in [1.165, 1.54) is 6.21 Å². The first-order valence-electron chi connectivity index (χ1n) is 5.94. The Kier molecular flexibility index (Phi) is 8.09. The summed E-state index contributed by atoms with van der Waals surface area (Å²) in [4.78, 5) is 19.1. The molecule has 0 N–H and O–H groups in total. The first kappa shape index (κ1) is 14.5. The van der Waals surface area contributed by atoms with Crippen LogP contribution in [0.2, 0.25) is 0 Å². The number of allylic oxidation sites excluding steroid dienone is 11. The van der Waals surface area contributed by atoms with Gasteiger partial charge in [-0.25, -0.2) is 0 Å². The van der Waals surface area contributed by atoms with Crippen LogP contribution < -0.4 is 0 Å². The smallest absolute Gasteiger partial charge is 0.195 e. The van der Waals surface area contributed by atoms with Gasteiger partial charge in [-0.3, -0.25) is 14.8 Å². The highest BCUT2D eigenvalue weighted by Crippen LogP contribution is 1.85. The van der Waals surface area contributed by atoms with Crippen LogP contribution in [0.4, 0.5) is 0 Å². The Bertz CT molecular complexity index is 501. The first-order chi connectivity index (χ1) is 9.39. The SMILES string of the molecule is O=C1C=NC=CC=CC=CC=CC=CC=CC=NC1. The molecule has 0 aliphatic carbocycles. The van der Waals surface area contributed by atoms with E-state index < -0.39 is 0 Å². The number of carbonyl (C=O) groups excluding carboxylic acids is 1. The number of ketones is 1. The van der Waals surface area contributed by atoms with Gasteiger partial charge < -0.3 is 0 Å². The standard InChI is InChI=1S/C16H16N2O/c19-16-14-17-12-10-8-6-4-2-1-3-5-7-9-11-13-18-15-16/h1-14H,15H2. The molecule has 0 spiro atoms. The second kappa shape index (κ2) is 10.6. The maximum Gasteiger partial charge on any atom is 0.195 e. The van der Waals surface area contributed by atoms with Gasteiger partial charge in [-0.2, -0.15) is 0 Å². The van der Waals surface area contributed by atoms with E-state index in [0.29, 0.717) is 0 Å². The zero-order valence-electron chi connectivity index (χ0n) is 10.6. The van der Waals surface area contributed by atoms with Crippen molar-refractivity contribution in [2.75, 3.05) is 6.54 Å². The summed E-state index contributed by atoms with van der Waals surface area (Å²) < 4.78 is 0. The fourth-order valence-electron chi connectivity index (χ4n) is 1.10. The van der Waals surface area contributed by atoms with Crippen molar-refractivity contribution in [1.82, 2.24) is 0 Å². The number of Topliss-reactive ketones (excluding diaryl/α,β-unsaturated/α-hetero) is 1. The van der Waals surface area contributed by atoms with E-state index >= 15 is 0 Å². The summed E-state index contributed by atoms with van der Waals surface area (Å²) in [5.41, 5.74) is 0. The molecule has 96 valence electrons. The van der Waals surface area contributed by atoms with Crippen molar-refractivity contribution in [2.24, 2.45) is 9.98 Å². The number of nitrogens with zero attached hydrogens (tertiary/aromatic N) is 2. The van der Waals surface area contributed by atoms with E-state index in [2.05, 4.69) is 9.98 Å². The number of aliphatic imine (C=N–C) groups is 2. The quantitative estimate of drug-likeness (QED) is 0.653. The molecule has 0 amide bonds. The molecule has 0 saturated heterocycles. The Morgan fingerprint density at radius 1 is 0.737 bits per heavy atom. The molecular formula is C16H16N2O. The second-order valence-corrected chi connectivity index (χ2v) is 3.50. The lowest BCUT2D eigenvalue weighted by atomic mass is 10.3. The molecular weight excluding hydrogens is 236 g/mol. The minimum absolute atomic E-state index is 0.115. The molecule has 1 aliphatic rings. The number of hydrogen-bond acceptors (Lipinski definition) is 3. The highest BCUT2D eigenvalue weighted by molar-refractivity contribution is 6.28. The molecule has 0 aromatic heterocycles. The van der Waals surface area contributed by atoms with Gasteiger partial charge in [0.05, 0.1) is 6.21 Å². The minimum Gasteiger partial charge on any atom is -0.291 e. The Morgan fingerprint density at radius 2 is 1.26 bits per heavy atom. The van der Waals surface area contributed by atoms with Gasteiger partial charge in [0, 0.05) is 12.4 Å². The average Bonchev–Trinajstić information content (AvgIpc) is 2.41. The van der Waals surface area contributed by atoms with E-state index in [-0.39, 0.29) is 12.3 Å². The summed E-state index contributed by atoms with van der Waals surface area (Å²) in [5.74, 6) is -0.127. The van der Waals surface area contributed by atoms with Crippen LogP contribution >= 0.6 is 0 Å². The molecule has 0 aromatic carbocycles. The fraction of sp³-hybridized carbons (Fsp3) is 0.0625. The summed E-state index contributed by atoms with van der Waals surface area (Å²) in [6.45, 7) is 0.115. The molecule has 1 heterocycles. The average molecular weight is 252 g/mol. The Hall–Kier alpha value is -2.55. The van der Waals surface area contributed by atoms with Crippen molar-refractivity contribution in [3.63, 3.8) is 0 Å². The summed E-state index contributed by atoms with van der Waals surface area (Å²) in [6.07, 6.45) is 25.0. The third kappa shape index (κ3) is 9.18. The van der Waals surface area contributed by atoms with Gasteiger partial charge in [0.15, 0.2) is 5.78 Å². The van der Waals surface area contributed by atoms with Crippen LogP contribution in [0.3, 0.4) is 0 Å². The lowest BCUT2D eigenvalue weighted by molar-refractivity contribution is -0.111. The lowest BCUT2D eigenvalue weighted by Gasteiger charge is -1.84. The fourth-order valence-corrected chi connectivity index (χ4v) is 1.10. The number of carbonyl (C=O) groups is 1. The summed E-state index contributed by atoms with van der Waals surface area (Å²) >= 11 is 0. The number of hydrogen-bond donors (Lipinski definition) is 0. The topological polar surface area (TPSA) is 41.8 Å². The molecule has 0 bridgehead atoms. The summed E-state index contributed by atoms with van der Waals surface area (Å²) in [5, 5.41) is 0. The third-order valence-corrected chi connectivity index (χ3v) is 1.94. The predicted molar refractivity (Wildman–Crippen MR) is 81.7 cm³/mol. The zero-order chi connectivity index (χ0) is 13.6. The molecule has 3 heteroatoms. The Morgan fingerprint density at radius 3 is 1.89 bits per heavy atom. The van der Waals surface area contributed by atoms with Crippen LogP contribution in [0.5, 0.6) is 0 Å². The third-order valence-electron chi connectivity index (χ3n) is 1.94. The minimum atomic E-state index is -0.127. The van der Waals surface area contributed by atoms with Gasteiger partial charge >= 0.3 is 0 Å². The molecule has 0 atom stereocenters. The number of rotatable bonds is 0. The van der Waals surface area contributed by atoms with Crippen LogP contribution in [0.25, 0.3) is 0 Å². The van der Waals surface area contributed by atoms with Gasteiger partial charge in [-0.1, -0.05) is 54.7 Å². The molecule has 0 radical (unpaired) electrons. The van der Waals surface area contributed by atoms with E-state index in [0.717, 1.165) is 0 Å². The van der Waals surface area contributed by atoms with Gasteiger partial charge in [-0.15, -0.1) is 0 Å². The van der Waals surface area contributed by atoms with Crippen LogP contribution in [-0.2, 0) is 4.79 Å². The summed E-state index contributed by atoms with van der Waals surface area (Å²) in [6, 6.07) is 0. The largest absolute Gasteiger partial charge is 0.291 e. The molecule has 3 nitrogen and oxygen atoms in total. The maximum absolute atomic E-state index is 11.3. The maximum atomic E-state index is 11.3. The first-order valence-corrected chi connectivity index (χ1v) is 5.94. The van der Waals surface area contributed by atoms with Crippen molar-refractivity contribution in [1.29, 1.82) is 0 Å². The molecule has 0 aromatic rings. The van der Waals surface area contributed by atoms with Gasteiger partial charge in [-0.05, 0) is 12.2 Å². The predicted octanol–water partition coefficient (Wildman–Crippen LogP) is 3.01. The van der Waals surface area contributed by atoms with Gasteiger partial charge in [0.25, 0.3) is 0 Å². The monoisotopic (exact) mass is 252 g/mol. The molecule has 1 rings (SSSR count). The molecule has 0 unspecified atom stereocenters. The highest BCUT2D eigenvalue weighted by Gasteiger charge is 1.91. The Labute approximate surface area is 113 Å². The molecule has 0 fully saturated rings. The Balaban J connectivity index is 2.69. The summed E-state index contributed by atoms with van der Waals surface area (Å²) in [7, 11) is 0. The highest BCUT2D eigenvalue weighted by atomic mass is 16.1. The second-order valence-electron chi connectivity index (χ2n) is 3.50. The normalized spacial score (nSPS) is 16.7. The van der Waals surface area contributed by atoms with E-state index in [4.69, 9.17) is 0 Å². The van der Waals surface area contributed by atoms with Gasteiger partial charge in [0.1, 0.15) is 6.54 Å². The van der Waals surface area contributed by atoms with E-state index in [1.807, 2.05) is 54.7 Å². The van der Waals surface area contributed by atoms with E-state index in [1.54, 1.807) is 24.6 Å². The van der Waals surface area contributed by atoms with Crippen LogP contribution in [0.1, 0.15) is 0 Å². The molecule has 1 aliphatic heterocycles. The van der Waals surface area contributed by atoms with E-state index in [9.17, 15) is 4.79 Å². The van der Waals surface area contributed by atoms with Crippen LogP contribution in [-0.4, -0.2) is 24.8 Å². The van der Waals surface area contributed by atoms with Crippen LogP contribution in [0, 0.1) is 0 Å². The van der Waals surface area contributed by atoms with Crippen molar-refractivity contribution in [2.45, 2.75) is 0 Å². The lowest BCUT2D eigenvalue weighted by Crippen LogP contribution is -2.02. The van der Waals surface area contributed by atoms with Crippen molar-refractivity contribution < 1.29 is 4.79 Å². The molecule has 0 saturated carbocycles. The van der Waals surface area contributed by atoms with Crippen molar-refractivity contribution in [3.8, 4) is 0 Å². The zero-order valence-corrected chi connectivity index (χ0v) is 10.6.